The van der Waals surface area contributed by atoms with Crippen LogP contribution < -0.4 is 5.73 Å². The van der Waals surface area contributed by atoms with Gasteiger partial charge >= 0.3 is 5.97 Å². The second kappa shape index (κ2) is 3.83. The molecular weight excluding hydrogens is 170 g/mol. The molecule has 0 fully saturated rings. The largest absolute Gasteiger partial charge is 0.480 e. The summed E-state index contributed by atoms with van der Waals surface area (Å²) in [6.07, 6.45) is 3.20. The van der Waals surface area contributed by atoms with E-state index in [9.17, 15) is 4.79 Å². The maximum absolute atomic E-state index is 10.3. The van der Waals surface area contributed by atoms with Gasteiger partial charge < -0.3 is 10.8 Å². The molecule has 0 saturated heterocycles. The number of unbranched alkanes of at least 4 members (excludes halogenated alkanes) is 1. The first-order valence-corrected chi connectivity index (χ1v) is 4.46. The molecule has 0 aromatic carbocycles. The van der Waals surface area contributed by atoms with E-state index in [1.165, 1.54) is 0 Å². The highest BCUT2D eigenvalue weighted by Crippen LogP contribution is 2.32. The molecule has 0 unspecified atom stereocenters. The summed E-state index contributed by atoms with van der Waals surface area (Å²) in [6.45, 7) is 1.96. The number of rotatable bonds is 6. The van der Waals surface area contributed by atoms with Crippen molar-refractivity contribution >= 4 is 5.97 Å². The van der Waals surface area contributed by atoms with E-state index in [2.05, 4.69) is 10.2 Å². The molecule has 3 N–H and O–H groups in total. The Bertz CT molecular complexity index is 221. The molecule has 1 aliphatic rings. The van der Waals surface area contributed by atoms with Crippen molar-refractivity contribution in [1.82, 2.24) is 0 Å². The van der Waals surface area contributed by atoms with Crippen molar-refractivity contribution in [3.05, 3.63) is 0 Å². The van der Waals surface area contributed by atoms with Gasteiger partial charge in [0.1, 0.15) is 6.04 Å². The minimum absolute atomic E-state index is 0.159. The summed E-state index contributed by atoms with van der Waals surface area (Å²) in [5.41, 5.74) is 5.18. The Kier molecular flexibility index (Phi) is 2.98. The Hall–Kier alpha value is -0.970. The van der Waals surface area contributed by atoms with Crippen molar-refractivity contribution < 1.29 is 9.90 Å². The molecule has 5 heteroatoms. The van der Waals surface area contributed by atoms with Crippen LogP contribution >= 0.6 is 0 Å². The number of carboxylic acid groups (broad SMARTS) is 1. The second-order valence-corrected chi connectivity index (χ2v) is 3.61. The summed E-state index contributed by atoms with van der Waals surface area (Å²) < 4.78 is 0. The van der Waals surface area contributed by atoms with E-state index in [0.29, 0.717) is 6.42 Å². The van der Waals surface area contributed by atoms with E-state index < -0.39 is 12.0 Å². The summed E-state index contributed by atoms with van der Waals surface area (Å²) in [6, 6.07) is -0.721. The number of aliphatic carboxylic acids is 1. The molecule has 0 spiro atoms. The third-order valence-electron chi connectivity index (χ3n) is 2.17. The van der Waals surface area contributed by atoms with Gasteiger partial charge in [-0.25, -0.2) is 0 Å². The molecule has 0 aromatic rings. The molecule has 13 heavy (non-hydrogen) atoms. The smallest absolute Gasteiger partial charge is 0.320 e. The third kappa shape index (κ3) is 3.50. The first-order valence-electron chi connectivity index (χ1n) is 4.46. The fourth-order valence-electron chi connectivity index (χ4n) is 1.13. The van der Waals surface area contributed by atoms with Crippen molar-refractivity contribution in [1.29, 1.82) is 0 Å². The second-order valence-electron chi connectivity index (χ2n) is 3.61. The van der Waals surface area contributed by atoms with Gasteiger partial charge in [-0.15, -0.1) is 0 Å². The van der Waals surface area contributed by atoms with E-state index in [1.54, 1.807) is 0 Å². The lowest BCUT2D eigenvalue weighted by atomic mass is 10.0. The topological polar surface area (TPSA) is 88.0 Å². The molecule has 0 saturated carbocycles. The average Bonchev–Trinajstić information content (AvgIpc) is 2.78. The average molecular weight is 185 g/mol. The van der Waals surface area contributed by atoms with Crippen molar-refractivity contribution in [2.75, 3.05) is 0 Å². The Balaban J connectivity index is 1.98. The monoisotopic (exact) mass is 185 g/mol. The Labute approximate surface area is 77.0 Å². The van der Waals surface area contributed by atoms with Crippen LogP contribution in [-0.2, 0) is 4.79 Å². The molecule has 0 radical (unpaired) electrons. The van der Waals surface area contributed by atoms with Crippen LogP contribution in [-0.4, -0.2) is 22.8 Å². The number of carboxylic acids is 1. The summed E-state index contributed by atoms with van der Waals surface area (Å²) in [7, 11) is 0. The zero-order valence-corrected chi connectivity index (χ0v) is 7.73. The first kappa shape index (κ1) is 10.1. The summed E-state index contributed by atoms with van der Waals surface area (Å²) in [4.78, 5) is 10.3. The van der Waals surface area contributed by atoms with E-state index in [1.807, 2.05) is 6.92 Å². The first-order chi connectivity index (χ1) is 6.03. The van der Waals surface area contributed by atoms with E-state index in [-0.39, 0.29) is 5.66 Å². The van der Waals surface area contributed by atoms with Crippen LogP contribution in [0.3, 0.4) is 0 Å². The maximum atomic E-state index is 10.3. The minimum atomic E-state index is -0.924. The highest BCUT2D eigenvalue weighted by Gasteiger charge is 2.32. The molecule has 1 heterocycles. The molecule has 1 rings (SSSR count). The Morgan fingerprint density at radius 2 is 2.15 bits per heavy atom. The molecule has 74 valence electrons. The number of hydrogen-bond acceptors (Lipinski definition) is 4. The van der Waals surface area contributed by atoms with Crippen molar-refractivity contribution in [2.24, 2.45) is 16.0 Å². The molecule has 0 aromatic heterocycles. The highest BCUT2D eigenvalue weighted by molar-refractivity contribution is 5.72. The van der Waals surface area contributed by atoms with Crippen LogP contribution in [0.5, 0.6) is 0 Å². The van der Waals surface area contributed by atoms with Gasteiger partial charge in [-0.2, -0.15) is 10.2 Å². The fourth-order valence-corrected chi connectivity index (χ4v) is 1.13. The molecule has 1 aliphatic heterocycles. The quantitative estimate of drug-likeness (QED) is 0.608. The number of nitrogens with zero attached hydrogens (tertiary/aromatic N) is 2. The molecular formula is C8H15N3O2. The van der Waals surface area contributed by atoms with Crippen LogP contribution in [0.2, 0.25) is 0 Å². The van der Waals surface area contributed by atoms with Gasteiger partial charge in [0, 0.05) is 0 Å². The van der Waals surface area contributed by atoms with Gasteiger partial charge in [-0.05, 0) is 26.2 Å². The van der Waals surface area contributed by atoms with Crippen molar-refractivity contribution in [3.8, 4) is 0 Å². The van der Waals surface area contributed by atoms with E-state index in [4.69, 9.17) is 10.8 Å². The lowest BCUT2D eigenvalue weighted by Gasteiger charge is -2.06. The van der Waals surface area contributed by atoms with Gasteiger partial charge in [-0.3, -0.25) is 4.79 Å². The lowest BCUT2D eigenvalue weighted by molar-refractivity contribution is -0.138. The van der Waals surface area contributed by atoms with Gasteiger partial charge in [0.25, 0.3) is 0 Å². The molecule has 0 bridgehead atoms. The summed E-state index contributed by atoms with van der Waals surface area (Å²) in [5, 5.41) is 16.2. The highest BCUT2D eigenvalue weighted by atomic mass is 16.4. The fraction of sp³-hybridized carbons (Fsp3) is 0.875. The van der Waals surface area contributed by atoms with Crippen LogP contribution in [0.1, 0.15) is 32.6 Å². The SMILES string of the molecule is CC1(CCCC[C@H](N)C(=O)O)N=N1. The molecule has 5 nitrogen and oxygen atoms in total. The van der Waals surface area contributed by atoms with Crippen molar-refractivity contribution in [3.63, 3.8) is 0 Å². The predicted octanol–water partition coefficient (Wildman–Crippen LogP) is 1.14. The lowest BCUT2D eigenvalue weighted by Crippen LogP contribution is -2.29. The number of hydrogen-bond donors (Lipinski definition) is 2. The van der Waals surface area contributed by atoms with Crippen LogP contribution in [0.25, 0.3) is 0 Å². The van der Waals surface area contributed by atoms with Gasteiger partial charge in [0.05, 0.1) is 0 Å². The summed E-state index contributed by atoms with van der Waals surface area (Å²) in [5.74, 6) is -0.924. The minimum Gasteiger partial charge on any atom is -0.480 e. The maximum Gasteiger partial charge on any atom is 0.320 e. The zero-order valence-electron chi connectivity index (χ0n) is 7.73. The van der Waals surface area contributed by atoms with Crippen molar-refractivity contribution in [2.45, 2.75) is 44.3 Å². The molecule has 1 atom stereocenters. The normalized spacial score (nSPS) is 19.8. The Morgan fingerprint density at radius 1 is 1.54 bits per heavy atom. The summed E-state index contributed by atoms with van der Waals surface area (Å²) >= 11 is 0. The number of nitrogens with two attached hydrogens (primary N) is 1. The standard InChI is InChI=1S/C8H15N3O2/c1-8(10-11-8)5-3-2-4-6(9)7(12)13/h6H,2-5,9H2,1H3,(H,12,13)/t6-/m0/s1. The predicted molar refractivity (Wildman–Crippen MR) is 47.3 cm³/mol. The van der Waals surface area contributed by atoms with Gasteiger partial charge in [0.15, 0.2) is 5.66 Å². The van der Waals surface area contributed by atoms with Crippen LogP contribution in [0.15, 0.2) is 10.2 Å². The van der Waals surface area contributed by atoms with Crippen LogP contribution in [0, 0.1) is 0 Å². The Morgan fingerprint density at radius 3 is 2.62 bits per heavy atom. The molecule has 0 aliphatic carbocycles. The number of carbonyl (C=O) groups is 1. The van der Waals surface area contributed by atoms with E-state index >= 15 is 0 Å². The molecule has 0 amide bonds. The van der Waals surface area contributed by atoms with Crippen LogP contribution in [0.4, 0.5) is 0 Å². The zero-order chi connectivity index (χ0) is 9.90. The van der Waals surface area contributed by atoms with Gasteiger partial charge in [0.2, 0.25) is 0 Å². The van der Waals surface area contributed by atoms with E-state index in [0.717, 1.165) is 19.3 Å². The van der Waals surface area contributed by atoms with Gasteiger partial charge in [-0.1, -0.05) is 6.42 Å². The third-order valence-corrected chi connectivity index (χ3v) is 2.17.